The van der Waals surface area contributed by atoms with Gasteiger partial charge in [-0.25, -0.2) is 8.78 Å². The Morgan fingerprint density at radius 2 is 2.11 bits per heavy atom. The first-order chi connectivity index (χ1) is 9.20. The van der Waals surface area contributed by atoms with E-state index in [0.717, 1.165) is 22.6 Å². The number of hydrogen-bond acceptors (Lipinski definition) is 3. The third kappa shape index (κ3) is 3.53. The van der Waals surface area contributed by atoms with Crippen LogP contribution in [0.1, 0.15) is 10.4 Å². The van der Waals surface area contributed by atoms with Gasteiger partial charge in [0.2, 0.25) is 0 Å². The van der Waals surface area contributed by atoms with E-state index in [1.807, 2.05) is 5.38 Å². The molecule has 1 heterocycles. The first kappa shape index (κ1) is 13.5. The van der Waals surface area contributed by atoms with Crippen LogP contribution in [0.25, 0.3) is 0 Å². The third-order valence-corrected chi connectivity index (χ3v) is 3.19. The van der Waals surface area contributed by atoms with Crippen molar-refractivity contribution in [1.29, 1.82) is 0 Å². The van der Waals surface area contributed by atoms with E-state index >= 15 is 0 Å². The average Bonchev–Trinajstić information content (AvgIpc) is 2.83. The smallest absolute Gasteiger partial charge is 0.167 e. The summed E-state index contributed by atoms with van der Waals surface area (Å²) in [5.74, 6) is 3.94. The highest BCUT2D eigenvalue weighted by molar-refractivity contribution is 7.10. The first-order valence-corrected chi connectivity index (χ1v) is 6.32. The zero-order valence-corrected chi connectivity index (χ0v) is 10.6. The summed E-state index contributed by atoms with van der Waals surface area (Å²) in [4.78, 5) is 0.824. The number of halogens is 2. The molecule has 0 aliphatic carbocycles. The molecule has 0 amide bonds. The fraction of sp³-hybridized carbons (Fsp3) is 0.143. The lowest BCUT2D eigenvalue weighted by Gasteiger charge is -2.06. The van der Waals surface area contributed by atoms with Crippen LogP contribution < -0.4 is 4.74 Å². The standard InChI is InChI=1S/C14H10F2O2S/c15-11-3-4-13(12(16)8-11)18-9-14-10(2-1-6-17)5-7-19-14/h3-5,7-8,17H,6,9H2. The van der Waals surface area contributed by atoms with Crippen molar-refractivity contribution in [2.24, 2.45) is 0 Å². The van der Waals surface area contributed by atoms with Crippen LogP contribution in [0.5, 0.6) is 5.75 Å². The molecule has 98 valence electrons. The van der Waals surface area contributed by atoms with Crippen molar-refractivity contribution in [3.8, 4) is 17.6 Å². The highest BCUT2D eigenvalue weighted by Gasteiger charge is 2.07. The molecule has 0 spiro atoms. The summed E-state index contributed by atoms with van der Waals surface area (Å²) in [5, 5.41) is 10.5. The van der Waals surface area contributed by atoms with Crippen LogP contribution >= 0.6 is 11.3 Å². The number of aliphatic hydroxyl groups excluding tert-OH is 1. The predicted octanol–water partition coefficient (Wildman–Crippen LogP) is 2.95. The maximum atomic E-state index is 13.4. The van der Waals surface area contributed by atoms with Gasteiger partial charge in [0.25, 0.3) is 0 Å². The van der Waals surface area contributed by atoms with Crippen molar-refractivity contribution in [1.82, 2.24) is 0 Å². The number of hydrogen-bond donors (Lipinski definition) is 1. The van der Waals surface area contributed by atoms with E-state index in [9.17, 15) is 8.78 Å². The number of aliphatic hydroxyl groups is 1. The summed E-state index contributed by atoms with van der Waals surface area (Å²) >= 11 is 1.42. The molecule has 2 rings (SSSR count). The van der Waals surface area contributed by atoms with E-state index in [1.165, 1.54) is 17.4 Å². The van der Waals surface area contributed by atoms with Crippen molar-refractivity contribution in [3.05, 3.63) is 51.7 Å². The normalized spacial score (nSPS) is 9.84. The predicted molar refractivity (Wildman–Crippen MR) is 69.0 cm³/mol. The second-order valence-corrected chi connectivity index (χ2v) is 4.58. The Morgan fingerprint density at radius 1 is 1.26 bits per heavy atom. The van der Waals surface area contributed by atoms with Crippen LogP contribution in [0.4, 0.5) is 8.78 Å². The summed E-state index contributed by atoms with van der Waals surface area (Å²) < 4.78 is 31.4. The van der Waals surface area contributed by atoms with Gasteiger partial charge in [-0.15, -0.1) is 11.3 Å². The van der Waals surface area contributed by atoms with Gasteiger partial charge >= 0.3 is 0 Å². The minimum absolute atomic E-state index is 0.00383. The fourth-order valence-corrected chi connectivity index (χ4v) is 2.18. The maximum absolute atomic E-state index is 13.4. The molecular weight excluding hydrogens is 270 g/mol. The molecule has 5 heteroatoms. The molecule has 1 aromatic carbocycles. The fourth-order valence-electron chi connectivity index (χ4n) is 1.43. The van der Waals surface area contributed by atoms with E-state index in [0.29, 0.717) is 0 Å². The molecule has 0 radical (unpaired) electrons. The molecule has 0 saturated heterocycles. The quantitative estimate of drug-likeness (QED) is 0.876. The molecule has 0 saturated carbocycles. The SMILES string of the molecule is OCC#Cc1ccsc1COc1ccc(F)cc1F. The Labute approximate surface area is 113 Å². The molecular formula is C14H10F2O2S. The van der Waals surface area contributed by atoms with Crippen LogP contribution in [-0.2, 0) is 6.61 Å². The lowest BCUT2D eigenvalue weighted by Crippen LogP contribution is -1.97. The van der Waals surface area contributed by atoms with Crippen LogP contribution in [0.3, 0.4) is 0 Å². The second kappa shape index (κ2) is 6.32. The topological polar surface area (TPSA) is 29.5 Å². The van der Waals surface area contributed by atoms with Gasteiger partial charge in [-0.05, 0) is 23.6 Å². The molecule has 0 aliphatic heterocycles. The average molecular weight is 280 g/mol. The van der Waals surface area contributed by atoms with Crippen molar-refractivity contribution < 1.29 is 18.6 Å². The molecule has 0 fully saturated rings. The van der Waals surface area contributed by atoms with Crippen LogP contribution in [0, 0.1) is 23.5 Å². The van der Waals surface area contributed by atoms with E-state index in [4.69, 9.17) is 9.84 Å². The summed E-state index contributed by atoms with van der Waals surface area (Å²) in [6.45, 7) is -0.0710. The van der Waals surface area contributed by atoms with Crippen molar-refractivity contribution in [2.45, 2.75) is 6.61 Å². The zero-order chi connectivity index (χ0) is 13.7. The Bertz CT molecular complexity index is 626. The van der Waals surface area contributed by atoms with Gasteiger partial charge in [0, 0.05) is 11.6 Å². The Hall–Kier alpha value is -1.90. The van der Waals surface area contributed by atoms with Gasteiger partial charge < -0.3 is 9.84 Å². The Kier molecular flexibility index (Phi) is 4.50. The zero-order valence-electron chi connectivity index (χ0n) is 9.82. The largest absolute Gasteiger partial charge is 0.485 e. The van der Waals surface area contributed by atoms with E-state index in [2.05, 4.69) is 11.8 Å². The third-order valence-electron chi connectivity index (χ3n) is 2.30. The van der Waals surface area contributed by atoms with Gasteiger partial charge in [-0.3, -0.25) is 0 Å². The van der Waals surface area contributed by atoms with E-state index in [1.54, 1.807) is 6.07 Å². The number of rotatable bonds is 3. The summed E-state index contributed by atoms with van der Waals surface area (Å²) in [7, 11) is 0. The van der Waals surface area contributed by atoms with Crippen LogP contribution in [0.15, 0.2) is 29.6 Å². The van der Waals surface area contributed by atoms with Gasteiger partial charge in [-0.1, -0.05) is 11.8 Å². The Balaban J connectivity index is 2.08. The monoisotopic (exact) mass is 280 g/mol. The van der Waals surface area contributed by atoms with Crippen LogP contribution in [-0.4, -0.2) is 11.7 Å². The van der Waals surface area contributed by atoms with Gasteiger partial charge in [0.1, 0.15) is 19.0 Å². The molecule has 1 N–H and O–H groups in total. The Morgan fingerprint density at radius 3 is 2.84 bits per heavy atom. The van der Waals surface area contributed by atoms with Crippen molar-refractivity contribution in [3.63, 3.8) is 0 Å². The van der Waals surface area contributed by atoms with Gasteiger partial charge in [0.15, 0.2) is 11.6 Å². The number of thiophene rings is 1. The molecule has 19 heavy (non-hydrogen) atoms. The lowest BCUT2D eigenvalue weighted by molar-refractivity contribution is 0.292. The van der Waals surface area contributed by atoms with Gasteiger partial charge in [0.05, 0.1) is 4.88 Å². The summed E-state index contributed by atoms with van der Waals surface area (Å²) in [6.07, 6.45) is 0. The highest BCUT2D eigenvalue weighted by atomic mass is 32.1. The molecule has 0 bridgehead atoms. The molecule has 1 aromatic heterocycles. The second-order valence-electron chi connectivity index (χ2n) is 3.58. The maximum Gasteiger partial charge on any atom is 0.167 e. The number of benzene rings is 1. The molecule has 0 unspecified atom stereocenters. The minimum Gasteiger partial charge on any atom is -0.485 e. The van der Waals surface area contributed by atoms with Crippen LogP contribution in [0.2, 0.25) is 0 Å². The molecule has 2 nitrogen and oxygen atoms in total. The minimum atomic E-state index is -0.737. The summed E-state index contributed by atoms with van der Waals surface area (Å²) in [5.41, 5.74) is 0.738. The summed E-state index contributed by atoms with van der Waals surface area (Å²) in [6, 6.07) is 4.96. The van der Waals surface area contributed by atoms with E-state index in [-0.39, 0.29) is 19.0 Å². The van der Waals surface area contributed by atoms with E-state index < -0.39 is 11.6 Å². The highest BCUT2D eigenvalue weighted by Crippen LogP contribution is 2.22. The molecule has 0 aliphatic rings. The first-order valence-electron chi connectivity index (χ1n) is 5.44. The molecule has 2 aromatic rings. The molecule has 0 atom stereocenters. The van der Waals surface area contributed by atoms with Crippen molar-refractivity contribution in [2.75, 3.05) is 6.61 Å². The van der Waals surface area contributed by atoms with Crippen molar-refractivity contribution >= 4 is 11.3 Å². The number of ether oxygens (including phenoxy) is 1. The van der Waals surface area contributed by atoms with Gasteiger partial charge in [-0.2, -0.15) is 0 Å². The lowest BCUT2D eigenvalue weighted by atomic mass is 10.2.